The zero-order valence-electron chi connectivity index (χ0n) is 16.1. The van der Waals surface area contributed by atoms with Crippen molar-refractivity contribution in [3.63, 3.8) is 0 Å². The van der Waals surface area contributed by atoms with Crippen LogP contribution in [0.15, 0.2) is 71.3 Å². The molecule has 0 atom stereocenters. The van der Waals surface area contributed by atoms with Crippen molar-refractivity contribution in [1.29, 1.82) is 0 Å². The Hall–Kier alpha value is -3.19. The lowest BCUT2D eigenvalue weighted by Gasteiger charge is -2.18. The van der Waals surface area contributed by atoms with Crippen molar-refractivity contribution >= 4 is 33.4 Å². The van der Waals surface area contributed by atoms with E-state index < -0.39 is 0 Å². The number of aromatic nitrogens is 1. The maximum Gasteiger partial charge on any atom is 0.259 e. The summed E-state index contributed by atoms with van der Waals surface area (Å²) in [7, 11) is 1.56. The lowest BCUT2D eigenvalue weighted by atomic mass is 10.2. The second-order valence-electron chi connectivity index (χ2n) is 6.49. The number of rotatable bonds is 6. The summed E-state index contributed by atoms with van der Waals surface area (Å²) in [5.74, 6) is 0.0968. The molecule has 0 aliphatic rings. The minimum absolute atomic E-state index is 0.0979. The molecule has 7 heteroatoms. The summed E-state index contributed by atoms with van der Waals surface area (Å²) in [6.45, 7) is 1.87. The number of nitrogens with one attached hydrogen (secondary N) is 1. The van der Waals surface area contributed by atoms with Crippen LogP contribution < -0.4 is 10.1 Å². The lowest BCUT2D eigenvalue weighted by molar-refractivity contribution is -0.116. The summed E-state index contributed by atoms with van der Waals surface area (Å²) in [5.41, 5.74) is 2.06. The van der Waals surface area contributed by atoms with Gasteiger partial charge in [0.2, 0.25) is 11.8 Å². The number of anilines is 1. The van der Waals surface area contributed by atoms with Crippen LogP contribution in [-0.4, -0.2) is 35.3 Å². The van der Waals surface area contributed by atoms with E-state index in [1.807, 2.05) is 43.3 Å². The number of likely N-dealkylation sites (N-methyl/N-ethyl adjacent to an activating group) is 1. The largest absolute Gasteiger partial charge is 0.438 e. The van der Waals surface area contributed by atoms with Crippen molar-refractivity contribution < 1.29 is 14.3 Å². The molecule has 6 nitrogen and oxygen atoms in total. The molecular formula is C22H20BrN3O3. The summed E-state index contributed by atoms with van der Waals surface area (Å²) < 4.78 is 6.69. The van der Waals surface area contributed by atoms with E-state index in [9.17, 15) is 9.59 Å². The van der Waals surface area contributed by atoms with Crippen LogP contribution in [0, 0.1) is 6.92 Å². The zero-order valence-corrected chi connectivity index (χ0v) is 17.6. The molecule has 0 saturated carbocycles. The highest BCUT2D eigenvalue weighted by molar-refractivity contribution is 9.10. The Labute approximate surface area is 177 Å². The molecule has 0 radical (unpaired) electrons. The summed E-state index contributed by atoms with van der Waals surface area (Å²) in [5, 5.41) is 2.78. The molecule has 0 spiro atoms. The van der Waals surface area contributed by atoms with Gasteiger partial charge in [-0.25, -0.2) is 4.98 Å². The fourth-order valence-electron chi connectivity index (χ4n) is 2.58. The first-order valence-corrected chi connectivity index (χ1v) is 9.72. The van der Waals surface area contributed by atoms with E-state index in [0.717, 1.165) is 10.0 Å². The summed E-state index contributed by atoms with van der Waals surface area (Å²) in [6.07, 6.45) is 1.55. The minimum atomic E-state index is -0.357. The van der Waals surface area contributed by atoms with Gasteiger partial charge in [-0.15, -0.1) is 0 Å². The first kappa shape index (κ1) is 20.5. The third kappa shape index (κ3) is 5.65. The van der Waals surface area contributed by atoms with E-state index in [1.165, 1.54) is 4.90 Å². The fraction of sp³-hybridized carbons (Fsp3) is 0.136. The number of aryl methyl sites for hydroxylation is 1. The third-order valence-electron chi connectivity index (χ3n) is 4.09. The van der Waals surface area contributed by atoms with Crippen LogP contribution in [-0.2, 0) is 4.79 Å². The molecule has 1 aromatic heterocycles. The zero-order chi connectivity index (χ0) is 20.8. The molecule has 0 aliphatic carbocycles. The first-order valence-electron chi connectivity index (χ1n) is 8.93. The molecule has 29 heavy (non-hydrogen) atoms. The van der Waals surface area contributed by atoms with Crippen molar-refractivity contribution in [2.45, 2.75) is 6.92 Å². The van der Waals surface area contributed by atoms with Crippen molar-refractivity contribution in [3.05, 3.63) is 82.5 Å². The third-order valence-corrected chi connectivity index (χ3v) is 4.62. The predicted octanol–water partition coefficient (Wildman–Crippen LogP) is 4.66. The predicted molar refractivity (Wildman–Crippen MR) is 115 cm³/mol. The summed E-state index contributed by atoms with van der Waals surface area (Å²) in [4.78, 5) is 30.7. The fourth-order valence-corrected chi connectivity index (χ4v) is 2.84. The van der Waals surface area contributed by atoms with Gasteiger partial charge < -0.3 is 15.0 Å². The van der Waals surface area contributed by atoms with Gasteiger partial charge >= 0.3 is 0 Å². The normalized spacial score (nSPS) is 10.3. The van der Waals surface area contributed by atoms with Gasteiger partial charge in [-0.3, -0.25) is 9.59 Å². The maximum absolute atomic E-state index is 12.9. The lowest BCUT2D eigenvalue weighted by Crippen LogP contribution is -2.35. The van der Waals surface area contributed by atoms with Crippen molar-refractivity contribution in [2.75, 3.05) is 18.9 Å². The Morgan fingerprint density at radius 2 is 1.76 bits per heavy atom. The van der Waals surface area contributed by atoms with Crippen molar-refractivity contribution in [3.8, 4) is 11.6 Å². The number of hydrogen-bond acceptors (Lipinski definition) is 4. The molecule has 3 aromatic rings. The van der Waals surface area contributed by atoms with Gasteiger partial charge in [0, 0.05) is 23.4 Å². The number of benzene rings is 2. The smallest absolute Gasteiger partial charge is 0.259 e. The van der Waals surface area contributed by atoms with Crippen LogP contribution in [0.25, 0.3) is 0 Å². The van der Waals surface area contributed by atoms with E-state index >= 15 is 0 Å². The highest BCUT2D eigenvalue weighted by Crippen LogP contribution is 2.25. The molecule has 1 N–H and O–H groups in total. The molecule has 1 heterocycles. The Balaban J connectivity index is 1.68. The first-order chi connectivity index (χ1) is 13.9. The van der Waals surface area contributed by atoms with E-state index in [2.05, 4.69) is 26.2 Å². The standard InChI is InChI=1S/C22H20BrN3O3/c1-15-5-9-17(10-6-15)25-20(27)14-26(2)22(28)19-4-3-13-24-21(19)29-18-11-7-16(23)8-12-18/h3-13H,14H2,1-2H3,(H,25,27). The molecule has 0 fully saturated rings. The number of ether oxygens (including phenoxy) is 1. The molecule has 0 unspecified atom stereocenters. The number of carbonyl (C=O) groups is 2. The molecule has 2 amide bonds. The van der Waals surface area contributed by atoms with Gasteiger partial charge in [-0.2, -0.15) is 0 Å². The van der Waals surface area contributed by atoms with Crippen LogP contribution in [0.2, 0.25) is 0 Å². The average molecular weight is 454 g/mol. The van der Waals surface area contributed by atoms with Crippen molar-refractivity contribution in [1.82, 2.24) is 9.88 Å². The summed E-state index contributed by atoms with van der Waals surface area (Å²) in [6, 6.07) is 17.9. The van der Waals surface area contributed by atoms with E-state index in [-0.39, 0.29) is 29.8 Å². The van der Waals surface area contributed by atoms with Gasteiger partial charge in [0.1, 0.15) is 11.3 Å². The van der Waals surface area contributed by atoms with Gasteiger partial charge in [0.05, 0.1) is 6.54 Å². The SMILES string of the molecule is Cc1ccc(NC(=O)CN(C)C(=O)c2cccnc2Oc2ccc(Br)cc2)cc1. The highest BCUT2D eigenvalue weighted by Gasteiger charge is 2.20. The number of halogens is 1. The molecule has 148 valence electrons. The number of amides is 2. The van der Waals surface area contributed by atoms with Gasteiger partial charge in [-0.1, -0.05) is 33.6 Å². The Kier molecular flexibility index (Phi) is 6.61. The van der Waals surface area contributed by atoms with Crippen LogP contribution >= 0.6 is 15.9 Å². The minimum Gasteiger partial charge on any atom is -0.438 e. The van der Waals surface area contributed by atoms with Crippen LogP contribution in [0.1, 0.15) is 15.9 Å². The van der Waals surface area contributed by atoms with Crippen LogP contribution in [0.4, 0.5) is 5.69 Å². The van der Waals surface area contributed by atoms with Crippen LogP contribution in [0.3, 0.4) is 0 Å². The van der Waals surface area contributed by atoms with Crippen LogP contribution in [0.5, 0.6) is 11.6 Å². The van der Waals surface area contributed by atoms with Gasteiger partial charge in [-0.05, 0) is 55.5 Å². The number of pyridine rings is 1. The second-order valence-corrected chi connectivity index (χ2v) is 7.40. The number of hydrogen-bond donors (Lipinski definition) is 1. The van der Waals surface area contributed by atoms with Crippen molar-refractivity contribution in [2.24, 2.45) is 0 Å². The molecule has 2 aromatic carbocycles. The second kappa shape index (κ2) is 9.34. The van der Waals surface area contributed by atoms with Gasteiger partial charge in [0.25, 0.3) is 5.91 Å². The topological polar surface area (TPSA) is 71.5 Å². The van der Waals surface area contributed by atoms with E-state index in [4.69, 9.17) is 4.74 Å². The summed E-state index contributed by atoms with van der Waals surface area (Å²) >= 11 is 3.37. The van der Waals surface area contributed by atoms with E-state index in [1.54, 1.807) is 37.5 Å². The molecule has 0 bridgehead atoms. The Morgan fingerprint density at radius 1 is 1.07 bits per heavy atom. The quantitative estimate of drug-likeness (QED) is 0.589. The maximum atomic E-state index is 12.9. The average Bonchev–Trinajstić information content (AvgIpc) is 2.71. The number of nitrogens with zero attached hydrogens (tertiary/aromatic N) is 2. The molecular weight excluding hydrogens is 434 g/mol. The molecule has 0 aliphatic heterocycles. The van der Waals surface area contributed by atoms with Gasteiger partial charge in [0.15, 0.2) is 0 Å². The highest BCUT2D eigenvalue weighted by atomic mass is 79.9. The number of carbonyl (C=O) groups excluding carboxylic acids is 2. The van der Waals surface area contributed by atoms with E-state index in [0.29, 0.717) is 11.4 Å². The Bertz CT molecular complexity index is 1000. The monoisotopic (exact) mass is 453 g/mol. The Morgan fingerprint density at radius 3 is 2.45 bits per heavy atom. The molecule has 3 rings (SSSR count). The molecule has 0 saturated heterocycles.